The highest BCUT2D eigenvalue weighted by Crippen LogP contribution is 2.32. The number of aryl methyl sites for hydroxylation is 1. The molecular weight excluding hydrogens is 460 g/mol. The highest BCUT2D eigenvalue weighted by molar-refractivity contribution is 9.10. The predicted molar refractivity (Wildman–Crippen MR) is 135 cm³/mol. The number of rotatable bonds is 3. The second-order valence-corrected chi connectivity index (χ2v) is 9.60. The molecule has 0 spiro atoms. The van der Waals surface area contributed by atoms with E-state index in [-0.39, 0.29) is 5.91 Å². The van der Waals surface area contributed by atoms with Crippen molar-refractivity contribution in [1.29, 1.82) is 0 Å². The molecule has 0 radical (unpaired) electrons. The van der Waals surface area contributed by atoms with Crippen molar-refractivity contribution < 1.29 is 4.79 Å². The minimum Gasteiger partial charge on any atom is -0.308 e. The van der Waals surface area contributed by atoms with Crippen molar-refractivity contribution in [3.63, 3.8) is 0 Å². The first kappa shape index (κ1) is 20.9. The van der Waals surface area contributed by atoms with Crippen molar-refractivity contribution in [3.8, 4) is 11.3 Å². The average molecular weight is 485 g/mol. The molecule has 0 aliphatic carbocycles. The van der Waals surface area contributed by atoms with Crippen LogP contribution >= 0.6 is 15.9 Å². The number of halogens is 1. The fourth-order valence-electron chi connectivity index (χ4n) is 4.45. The van der Waals surface area contributed by atoms with Gasteiger partial charge in [0, 0.05) is 27.7 Å². The van der Waals surface area contributed by atoms with E-state index in [1.807, 2.05) is 41.3 Å². The smallest absolute Gasteiger partial charge is 0.259 e. The summed E-state index contributed by atoms with van der Waals surface area (Å²) in [4.78, 5) is 20.7. The molecule has 1 aliphatic heterocycles. The van der Waals surface area contributed by atoms with E-state index < -0.39 is 0 Å². The van der Waals surface area contributed by atoms with E-state index in [2.05, 4.69) is 66.2 Å². The van der Waals surface area contributed by atoms with Gasteiger partial charge in [0.2, 0.25) is 0 Å². The van der Waals surface area contributed by atoms with Gasteiger partial charge in [0.1, 0.15) is 0 Å². The van der Waals surface area contributed by atoms with Gasteiger partial charge in [0.05, 0.1) is 16.8 Å². The van der Waals surface area contributed by atoms with Crippen LogP contribution in [0.4, 0.5) is 5.69 Å². The van der Waals surface area contributed by atoms with Crippen molar-refractivity contribution in [2.75, 3.05) is 11.4 Å². The Balaban J connectivity index is 1.65. The van der Waals surface area contributed by atoms with Gasteiger partial charge in [-0.15, -0.1) is 0 Å². The van der Waals surface area contributed by atoms with Crippen molar-refractivity contribution >= 4 is 38.4 Å². The van der Waals surface area contributed by atoms with Crippen LogP contribution in [-0.4, -0.2) is 17.4 Å². The Morgan fingerprint density at radius 3 is 2.56 bits per heavy atom. The number of anilines is 1. The molecule has 0 saturated carbocycles. The zero-order valence-corrected chi connectivity index (χ0v) is 19.9. The fourth-order valence-corrected chi connectivity index (χ4v) is 4.81. The summed E-state index contributed by atoms with van der Waals surface area (Å²) in [5.41, 5.74) is 6.90. The van der Waals surface area contributed by atoms with Gasteiger partial charge < -0.3 is 4.90 Å². The number of nitrogens with zero attached hydrogens (tertiary/aromatic N) is 2. The summed E-state index contributed by atoms with van der Waals surface area (Å²) in [6, 6.07) is 24.6. The van der Waals surface area contributed by atoms with E-state index in [1.165, 1.54) is 11.1 Å². The molecule has 1 aliphatic rings. The Bertz CT molecular complexity index is 1310. The lowest BCUT2D eigenvalue weighted by atomic mass is 9.97. The van der Waals surface area contributed by atoms with Gasteiger partial charge >= 0.3 is 0 Å². The third-order valence-electron chi connectivity index (χ3n) is 6.23. The lowest BCUT2D eigenvalue weighted by Gasteiger charge is -2.30. The molecule has 0 unspecified atom stereocenters. The maximum atomic E-state index is 13.9. The van der Waals surface area contributed by atoms with Gasteiger partial charge in [0.25, 0.3) is 5.91 Å². The quantitative estimate of drug-likeness (QED) is 0.303. The van der Waals surface area contributed by atoms with Crippen molar-refractivity contribution in [2.45, 2.75) is 32.6 Å². The Kier molecular flexibility index (Phi) is 5.56. The zero-order valence-electron chi connectivity index (χ0n) is 18.3. The number of para-hydroxylation sites is 1. The fraction of sp³-hybridized carbons (Fsp3) is 0.214. The van der Waals surface area contributed by atoms with Gasteiger partial charge in [-0.05, 0) is 60.2 Å². The third kappa shape index (κ3) is 3.84. The normalized spacial score (nSPS) is 13.4. The standard InChI is InChI=1S/C28H25BrN2O/c1-18(2)19-9-11-20(12-10-19)26-17-24(23-16-22(29)13-14-25(23)30-26)28(32)31-15-5-7-21-6-3-4-8-27(21)31/h3-4,6,8-14,16-18H,5,7,15H2,1-2H3. The van der Waals surface area contributed by atoms with Crippen molar-refractivity contribution in [3.05, 3.63) is 94.0 Å². The first-order valence-electron chi connectivity index (χ1n) is 11.1. The molecule has 3 aromatic carbocycles. The second kappa shape index (κ2) is 8.51. The number of amides is 1. The number of aromatic nitrogens is 1. The predicted octanol–water partition coefficient (Wildman–Crippen LogP) is 7.38. The molecule has 2 heterocycles. The number of fused-ring (bicyclic) bond motifs is 2. The lowest BCUT2D eigenvalue weighted by Crippen LogP contribution is -2.35. The molecule has 0 saturated heterocycles. The van der Waals surface area contributed by atoms with Crippen LogP contribution in [0, 0.1) is 0 Å². The summed E-state index contributed by atoms with van der Waals surface area (Å²) in [5, 5.41) is 0.870. The van der Waals surface area contributed by atoms with Crippen LogP contribution < -0.4 is 4.90 Å². The maximum absolute atomic E-state index is 13.9. The Morgan fingerprint density at radius 1 is 1.00 bits per heavy atom. The molecule has 0 bridgehead atoms. The largest absolute Gasteiger partial charge is 0.308 e. The van der Waals surface area contributed by atoms with E-state index in [4.69, 9.17) is 4.98 Å². The lowest BCUT2D eigenvalue weighted by molar-refractivity contribution is 0.0986. The van der Waals surface area contributed by atoms with Gasteiger partial charge in [-0.1, -0.05) is 72.2 Å². The minimum atomic E-state index is 0.0303. The number of hydrogen-bond acceptors (Lipinski definition) is 2. The Labute approximate surface area is 197 Å². The molecule has 4 heteroatoms. The van der Waals surface area contributed by atoms with Crippen LogP contribution in [0.3, 0.4) is 0 Å². The topological polar surface area (TPSA) is 33.2 Å². The monoisotopic (exact) mass is 484 g/mol. The summed E-state index contributed by atoms with van der Waals surface area (Å²) >= 11 is 3.57. The zero-order chi connectivity index (χ0) is 22.2. The van der Waals surface area contributed by atoms with Gasteiger partial charge in [-0.2, -0.15) is 0 Å². The van der Waals surface area contributed by atoms with Crippen LogP contribution in [0.2, 0.25) is 0 Å². The number of pyridine rings is 1. The summed E-state index contributed by atoms with van der Waals surface area (Å²) in [7, 11) is 0. The number of hydrogen-bond donors (Lipinski definition) is 0. The van der Waals surface area contributed by atoms with Crippen molar-refractivity contribution in [2.24, 2.45) is 0 Å². The van der Waals surface area contributed by atoms with Crippen LogP contribution in [0.1, 0.15) is 47.7 Å². The van der Waals surface area contributed by atoms with E-state index in [1.54, 1.807) is 0 Å². The molecule has 3 nitrogen and oxygen atoms in total. The van der Waals surface area contributed by atoms with Gasteiger partial charge in [0.15, 0.2) is 0 Å². The minimum absolute atomic E-state index is 0.0303. The van der Waals surface area contributed by atoms with E-state index >= 15 is 0 Å². The highest BCUT2D eigenvalue weighted by Gasteiger charge is 2.25. The highest BCUT2D eigenvalue weighted by atomic mass is 79.9. The van der Waals surface area contributed by atoms with E-state index in [9.17, 15) is 4.79 Å². The summed E-state index contributed by atoms with van der Waals surface area (Å²) < 4.78 is 0.939. The molecule has 0 atom stereocenters. The van der Waals surface area contributed by atoms with E-state index in [0.29, 0.717) is 11.5 Å². The Morgan fingerprint density at radius 2 is 1.78 bits per heavy atom. The average Bonchev–Trinajstić information content (AvgIpc) is 2.82. The van der Waals surface area contributed by atoms with Gasteiger partial charge in [-0.3, -0.25) is 4.79 Å². The molecule has 160 valence electrons. The molecular formula is C28H25BrN2O. The SMILES string of the molecule is CC(C)c1ccc(-c2cc(C(=O)N3CCCc4ccccc43)c3cc(Br)ccc3n2)cc1. The molecule has 32 heavy (non-hydrogen) atoms. The summed E-state index contributed by atoms with van der Waals surface area (Å²) in [5.74, 6) is 0.505. The molecule has 0 N–H and O–H groups in total. The second-order valence-electron chi connectivity index (χ2n) is 8.68. The molecule has 4 aromatic rings. The van der Waals surface area contributed by atoms with Crippen LogP contribution in [0.15, 0.2) is 77.3 Å². The first-order valence-corrected chi connectivity index (χ1v) is 11.9. The van der Waals surface area contributed by atoms with Crippen molar-refractivity contribution in [1.82, 2.24) is 4.98 Å². The van der Waals surface area contributed by atoms with Crippen LogP contribution in [0.5, 0.6) is 0 Å². The van der Waals surface area contributed by atoms with E-state index in [0.717, 1.165) is 51.7 Å². The number of carbonyl (C=O) groups is 1. The Hall–Kier alpha value is -2.98. The van der Waals surface area contributed by atoms with Crippen LogP contribution in [-0.2, 0) is 6.42 Å². The molecule has 1 aromatic heterocycles. The third-order valence-corrected chi connectivity index (χ3v) is 6.72. The van der Waals surface area contributed by atoms with Gasteiger partial charge in [-0.25, -0.2) is 4.98 Å². The maximum Gasteiger partial charge on any atom is 0.259 e. The number of carbonyl (C=O) groups excluding carboxylic acids is 1. The summed E-state index contributed by atoms with van der Waals surface area (Å²) in [6.07, 6.45) is 1.98. The van der Waals surface area contributed by atoms with Crippen LogP contribution in [0.25, 0.3) is 22.2 Å². The molecule has 1 amide bonds. The molecule has 5 rings (SSSR count). The summed E-state index contributed by atoms with van der Waals surface area (Å²) in [6.45, 7) is 5.11. The first-order chi connectivity index (χ1) is 15.5. The molecule has 0 fully saturated rings. The number of benzene rings is 3.